The van der Waals surface area contributed by atoms with Crippen molar-refractivity contribution in [1.82, 2.24) is 19.5 Å². The van der Waals surface area contributed by atoms with Crippen molar-refractivity contribution in [2.75, 3.05) is 11.9 Å². The van der Waals surface area contributed by atoms with Crippen LogP contribution >= 0.6 is 0 Å². The maximum atomic E-state index is 12.6. The molecule has 1 aliphatic heterocycles. The number of nitrogens with one attached hydrogen (secondary N) is 1. The number of amides is 2. The van der Waals surface area contributed by atoms with Gasteiger partial charge in [0.15, 0.2) is 5.65 Å². The molecule has 1 aliphatic rings. The summed E-state index contributed by atoms with van der Waals surface area (Å²) >= 11 is 0. The third kappa shape index (κ3) is 3.15. The Morgan fingerprint density at radius 2 is 2.19 bits per heavy atom. The highest BCUT2D eigenvalue weighted by Gasteiger charge is 2.22. The molecule has 7 nitrogen and oxygen atoms in total. The molecule has 1 N–H and O–H groups in total. The minimum Gasteiger partial charge on any atom is -0.435 e. The number of fused-ring (bicyclic) bond motifs is 2. The standard InChI is InChI=1S/C17H15F2N5O2/c18-16(19)26-13-3-2-11-4-7-23(10-12(11)8-13)17(25)22-14-9-21-24-6-1-5-20-15(14)24/h1-3,5-6,8-9,16H,4,7,10H2,(H,22,25). The number of carbonyl (C=O) groups is 1. The van der Waals surface area contributed by atoms with Crippen LogP contribution in [0.1, 0.15) is 11.1 Å². The summed E-state index contributed by atoms with van der Waals surface area (Å²) in [6, 6.07) is 6.28. The quantitative estimate of drug-likeness (QED) is 0.781. The second kappa shape index (κ2) is 6.58. The lowest BCUT2D eigenvalue weighted by Crippen LogP contribution is -2.38. The fraction of sp³-hybridized carbons (Fsp3) is 0.235. The second-order valence-electron chi connectivity index (χ2n) is 5.86. The highest BCUT2D eigenvalue weighted by atomic mass is 19.3. The van der Waals surface area contributed by atoms with E-state index in [0.717, 1.165) is 11.1 Å². The first-order chi connectivity index (χ1) is 12.6. The van der Waals surface area contributed by atoms with E-state index in [4.69, 9.17) is 0 Å². The smallest absolute Gasteiger partial charge is 0.387 e. The van der Waals surface area contributed by atoms with Gasteiger partial charge in [0.2, 0.25) is 0 Å². The number of alkyl halides is 2. The van der Waals surface area contributed by atoms with E-state index in [1.54, 1.807) is 40.0 Å². The van der Waals surface area contributed by atoms with E-state index in [2.05, 4.69) is 20.1 Å². The summed E-state index contributed by atoms with van der Waals surface area (Å²) in [6.45, 7) is -2.03. The molecule has 9 heteroatoms. The van der Waals surface area contributed by atoms with Gasteiger partial charge in [-0.2, -0.15) is 13.9 Å². The van der Waals surface area contributed by atoms with Crippen molar-refractivity contribution in [3.63, 3.8) is 0 Å². The number of hydrogen-bond donors (Lipinski definition) is 1. The zero-order valence-corrected chi connectivity index (χ0v) is 13.6. The Hall–Kier alpha value is -3.23. The van der Waals surface area contributed by atoms with Gasteiger partial charge < -0.3 is 15.0 Å². The second-order valence-corrected chi connectivity index (χ2v) is 5.86. The molecule has 3 aromatic rings. The molecule has 134 valence electrons. The van der Waals surface area contributed by atoms with Crippen molar-refractivity contribution in [1.29, 1.82) is 0 Å². The van der Waals surface area contributed by atoms with Crippen LogP contribution in [0.3, 0.4) is 0 Å². The molecule has 2 amide bonds. The lowest BCUT2D eigenvalue weighted by atomic mass is 10.00. The molecule has 3 heterocycles. The molecule has 0 radical (unpaired) electrons. The number of benzene rings is 1. The Bertz CT molecular complexity index is 959. The van der Waals surface area contributed by atoms with Gasteiger partial charge in [0.25, 0.3) is 0 Å². The molecule has 1 aromatic carbocycles. The zero-order valence-electron chi connectivity index (χ0n) is 13.6. The van der Waals surface area contributed by atoms with E-state index in [1.807, 2.05) is 0 Å². The first-order valence-electron chi connectivity index (χ1n) is 8.01. The summed E-state index contributed by atoms with van der Waals surface area (Å²) in [4.78, 5) is 18.4. The molecule has 0 spiro atoms. The lowest BCUT2D eigenvalue weighted by molar-refractivity contribution is -0.0499. The largest absolute Gasteiger partial charge is 0.435 e. The Morgan fingerprint density at radius 3 is 3.04 bits per heavy atom. The van der Waals surface area contributed by atoms with Crippen LogP contribution in [0, 0.1) is 0 Å². The summed E-state index contributed by atoms with van der Waals surface area (Å²) in [7, 11) is 0. The molecule has 26 heavy (non-hydrogen) atoms. The van der Waals surface area contributed by atoms with Crippen LogP contribution in [0.5, 0.6) is 5.75 Å². The summed E-state index contributed by atoms with van der Waals surface area (Å²) in [5, 5.41) is 6.93. The van der Waals surface area contributed by atoms with E-state index in [9.17, 15) is 13.6 Å². The molecular weight excluding hydrogens is 344 g/mol. The Labute approximate surface area is 147 Å². The molecule has 0 saturated heterocycles. The third-order valence-corrected chi connectivity index (χ3v) is 4.22. The monoisotopic (exact) mass is 359 g/mol. The zero-order chi connectivity index (χ0) is 18.1. The van der Waals surface area contributed by atoms with Gasteiger partial charge in [-0.15, -0.1) is 0 Å². The Morgan fingerprint density at radius 1 is 1.31 bits per heavy atom. The van der Waals surface area contributed by atoms with E-state index < -0.39 is 6.61 Å². The fourth-order valence-electron chi connectivity index (χ4n) is 2.99. The average molecular weight is 359 g/mol. The van der Waals surface area contributed by atoms with Crippen molar-refractivity contribution in [2.24, 2.45) is 0 Å². The number of carbonyl (C=O) groups excluding carboxylic acids is 1. The van der Waals surface area contributed by atoms with Crippen LogP contribution < -0.4 is 10.1 Å². The van der Waals surface area contributed by atoms with Crippen molar-refractivity contribution >= 4 is 17.4 Å². The number of halogens is 2. The molecule has 0 aliphatic carbocycles. The SMILES string of the molecule is O=C(Nc1cnn2cccnc12)N1CCc2ccc(OC(F)F)cc2C1. The average Bonchev–Trinajstić information content (AvgIpc) is 3.03. The Kier molecular flexibility index (Phi) is 4.11. The molecule has 4 rings (SSSR count). The molecule has 0 unspecified atom stereocenters. The first-order valence-corrected chi connectivity index (χ1v) is 8.01. The van der Waals surface area contributed by atoms with Gasteiger partial charge in [-0.1, -0.05) is 6.07 Å². The maximum Gasteiger partial charge on any atom is 0.387 e. The number of ether oxygens (including phenoxy) is 1. The Balaban J connectivity index is 1.50. The van der Waals surface area contributed by atoms with Crippen molar-refractivity contribution in [2.45, 2.75) is 19.6 Å². The minimum absolute atomic E-state index is 0.0906. The predicted octanol–water partition coefficient (Wildman–Crippen LogP) is 2.92. The van der Waals surface area contributed by atoms with Crippen LogP contribution in [-0.2, 0) is 13.0 Å². The summed E-state index contributed by atoms with van der Waals surface area (Å²) in [5.74, 6) is 0.0906. The van der Waals surface area contributed by atoms with Crippen LogP contribution in [0.25, 0.3) is 5.65 Å². The molecule has 0 fully saturated rings. The van der Waals surface area contributed by atoms with Gasteiger partial charge in [0.05, 0.1) is 6.20 Å². The van der Waals surface area contributed by atoms with Gasteiger partial charge >= 0.3 is 12.6 Å². The summed E-state index contributed by atoms with van der Waals surface area (Å²) in [5.41, 5.74) is 2.87. The number of urea groups is 1. The molecule has 0 atom stereocenters. The lowest BCUT2D eigenvalue weighted by Gasteiger charge is -2.29. The van der Waals surface area contributed by atoms with E-state index in [0.29, 0.717) is 30.8 Å². The molecular formula is C17H15F2N5O2. The van der Waals surface area contributed by atoms with E-state index in [1.165, 1.54) is 12.3 Å². The summed E-state index contributed by atoms with van der Waals surface area (Å²) in [6.07, 6.45) is 5.53. The number of anilines is 1. The van der Waals surface area contributed by atoms with Crippen LogP contribution in [-0.4, -0.2) is 38.7 Å². The van der Waals surface area contributed by atoms with Gasteiger partial charge in [-0.25, -0.2) is 14.3 Å². The summed E-state index contributed by atoms with van der Waals surface area (Å²) < 4.78 is 30.8. The maximum absolute atomic E-state index is 12.6. The number of hydrogen-bond acceptors (Lipinski definition) is 4. The topological polar surface area (TPSA) is 71.8 Å². The predicted molar refractivity (Wildman–Crippen MR) is 89.2 cm³/mol. The van der Waals surface area contributed by atoms with Crippen LogP contribution in [0.4, 0.5) is 19.3 Å². The van der Waals surface area contributed by atoms with Crippen molar-refractivity contribution < 1.29 is 18.3 Å². The fourth-order valence-corrected chi connectivity index (χ4v) is 2.99. The van der Waals surface area contributed by atoms with E-state index in [-0.39, 0.29) is 11.8 Å². The number of nitrogens with zero attached hydrogens (tertiary/aromatic N) is 4. The van der Waals surface area contributed by atoms with Gasteiger partial charge in [0, 0.05) is 25.5 Å². The van der Waals surface area contributed by atoms with Gasteiger partial charge in [-0.3, -0.25) is 0 Å². The van der Waals surface area contributed by atoms with Crippen LogP contribution in [0.15, 0.2) is 42.9 Å². The number of aromatic nitrogens is 3. The molecule has 2 aromatic heterocycles. The first kappa shape index (κ1) is 16.2. The van der Waals surface area contributed by atoms with Crippen molar-refractivity contribution in [3.05, 3.63) is 54.0 Å². The van der Waals surface area contributed by atoms with Crippen LogP contribution in [0.2, 0.25) is 0 Å². The highest BCUT2D eigenvalue weighted by molar-refractivity contribution is 5.93. The highest BCUT2D eigenvalue weighted by Crippen LogP contribution is 2.25. The molecule has 0 saturated carbocycles. The third-order valence-electron chi connectivity index (χ3n) is 4.22. The van der Waals surface area contributed by atoms with Gasteiger partial charge in [-0.05, 0) is 35.7 Å². The molecule has 0 bridgehead atoms. The minimum atomic E-state index is -2.88. The van der Waals surface area contributed by atoms with Crippen molar-refractivity contribution in [3.8, 4) is 5.75 Å². The van der Waals surface area contributed by atoms with Gasteiger partial charge in [0.1, 0.15) is 11.4 Å². The van der Waals surface area contributed by atoms with E-state index >= 15 is 0 Å². The normalized spacial score (nSPS) is 13.7. The number of rotatable bonds is 3.